The fourth-order valence-corrected chi connectivity index (χ4v) is 3.53. The van der Waals surface area contributed by atoms with E-state index in [0.717, 1.165) is 16.5 Å². The van der Waals surface area contributed by atoms with Gasteiger partial charge in [-0.2, -0.15) is 0 Å². The zero-order valence-electron chi connectivity index (χ0n) is 14.2. The van der Waals surface area contributed by atoms with Crippen LogP contribution in [-0.2, 0) is 6.54 Å². The predicted molar refractivity (Wildman–Crippen MR) is 110 cm³/mol. The molecule has 4 rings (SSSR count). The minimum absolute atomic E-state index is 0.164. The molecule has 0 spiro atoms. The number of fused-ring (bicyclic) bond motifs is 1. The van der Waals surface area contributed by atoms with Gasteiger partial charge in [-0.3, -0.25) is 4.79 Å². The Morgan fingerprint density at radius 1 is 1.00 bits per heavy atom. The summed E-state index contributed by atoms with van der Waals surface area (Å²) in [5.41, 5.74) is 2.45. The highest BCUT2D eigenvalue weighted by Crippen LogP contribution is 2.31. The number of para-hydroxylation sites is 1. The van der Waals surface area contributed by atoms with Crippen LogP contribution in [0.1, 0.15) is 21.7 Å². The average molecular weight is 396 g/mol. The summed E-state index contributed by atoms with van der Waals surface area (Å²) >= 11 is 12.6. The fourth-order valence-electron chi connectivity index (χ4n) is 3.06. The maximum absolute atomic E-state index is 12.8. The Labute approximate surface area is 166 Å². The van der Waals surface area contributed by atoms with Crippen LogP contribution >= 0.6 is 23.2 Å². The van der Waals surface area contributed by atoms with Crippen LogP contribution in [0.2, 0.25) is 10.2 Å². The van der Waals surface area contributed by atoms with Crippen LogP contribution in [0.15, 0.2) is 77.4 Å². The number of rotatable bonds is 5. The number of nitrogens with zero attached hydrogens (tertiary/aromatic N) is 1. The molecule has 134 valence electrons. The molecule has 0 bridgehead atoms. The number of halogens is 2. The largest absolute Gasteiger partial charge is 0.465 e. The van der Waals surface area contributed by atoms with Crippen molar-refractivity contribution in [1.29, 1.82) is 0 Å². The Balaban J connectivity index is 1.76. The molecule has 0 aliphatic rings. The van der Waals surface area contributed by atoms with Gasteiger partial charge in [-0.15, -0.1) is 0 Å². The monoisotopic (exact) mass is 395 g/mol. The fraction of sp³-hybridized carbons (Fsp3) is 0.0455. The van der Waals surface area contributed by atoms with Crippen LogP contribution < -0.4 is 0 Å². The standard InChI is InChI=1S/C22H15Cl2NO2/c23-16-9-7-15(8-10-16)14-25-19-6-2-1-5-18(19)21(22(25)24)20(26)12-11-17-4-3-13-27-17/h1-13H,14H2/b12-11+. The molecule has 2 heterocycles. The molecule has 3 nitrogen and oxygen atoms in total. The lowest BCUT2D eigenvalue weighted by Crippen LogP contribution is -2.01. The van der Waals surface area contributed by atoms with Crippen molar-refractivity contribution in [2.45, 2.75) is 6.54 Å². The summed E-state index contributed by atoms with van der Waals surface area (Å²) < 4.78 is 7.18. The molecule has 0 aliphatic carbocycles. The number of furan rings is 1. The van der Waals surface area contributed by atoms with Crippen LogP contribution in [0.3, 0.4) is 0 Å². The summed E-state index contributed by atoms with van der Waals surface area (Å²) in [4.78, 5) is 12.8. The average Bonchev–Trinajstić information content (AvgIpc) is 3.29. The van der Waals surface area contributed by atoms with Crippen molar-refractivity contribution in [3.05, 3.63) is 100 Å². The number of aromatic nitrogens is 1. The number of hydrogen-bond donors (Lipinski definition) is 0. The third-order valence-corrected chi connectivity index (χ3v) is 4.99. The Bertz CT molecular complexity index is 1120. The molecule has 2 aromatic heterocycles. The second-order valence-corrected chi connectivity index (χ2v) is 6.90. The van der Waals surface area contributed by atoms with Crippen LogP contribution in [0.4, 0.5) is 0 Å². The molecule has 0 unspecified atom stereocenters. The number of carbonyl (C=O) groups excluding carboxylic acids is 1. The molecule has 0 atom stereocenters. The summed E-state index contributed by atoms with van der Waals surface area (Å²) in [6.45, 7) is 0.547. The van der Waals surface area contributed by atoms with E-state index in [2.05, 4.69) is 0 Å². The van der Waals surface area contributed by atoms with Crippen molar-refractivity contribution in [3.8, 4) is 0 Å². The molecular formula is C22H15Cl2NO2. The molecule has 27 heavy (non-hydrogen) atoms. The van der Waals surface area contributed by atoms with E-state index in [1.165, 1.54) is 6.08 Å². The number of ketones is 1. The third kappa shape index (κ3) is 3.57. The number of allylic oxidation sites excluding steroid dienone is 1. The van der Waals surface area contributed by atoms with E-state index < -0.39 is 0 Å². The maximum atomic E-state index is 12.8. The van der Waals surface area contributed by atoms with Gasteiger partial charge in [-0.05, 0) is 48.0 Å². The van der Waals surface area contributed by atoms with Gasteiger partial charge in [0, 0.05) is 17.0 Å². The summed E-state index contributed by atoms with van der Waals surface area (Å²) in [7, 11) is 0. The molecule has 0 saturated carbocycles. The van der Waals surface area contributed by atoms with Crippen LogP contribution in [-0.4, -0.2) is 10.4 Å². The zero-order valence-corrected chi connectivity index (χ0v) is 15.7. The van der Waals surface area contributed by atoms with Gasteiger partial charge in [0.25, 0.3) is 0 Å². The molecule has 0 fully saturated rings. The second-order valence-electron chi connectivity index (χ2n) is 6.11. The van der Waals surface area contributed by atoms with E-state index in [4.69, 9.17) is 27.6 Å². The van der Waals surface area contributed by atoms with Gasteiger partial charge >= 0.3 is 0 Å². The van der Waals surface area contributed by atoms with Crippen LogP contribution in [0, 0.1) is 0 Å². The van der Waals surface area contributed by atoms with Gasteiger partial charge in [-0.1, -0.05) is 53.5 Å². The zero-order chi connectivity index (χ0) is 18.8. The Kier molecular flexibility index (Phi) is 4.88. The molecule has 0 N–H and O–H groups in total. The summed E-state index contributed by atoms with van der Waals surface area (Å²) in [5.74, 6) is 0.451. The van der Waals surface area contributed by atoms with Crippen molar-refractivity contribution in [2.24, 2.45) is 0 Å². The van der Waals surface area contributed by atoms with E-state index in [1.807, 2.05) is 53.1 Å². The van der Waals surface area contributed by atoms with E-state index in [9.17, 15) is 4.79 Å². The van der Waals surface area contributed by atoms with Crippen molar-refractivity contribution < 1.29 is 9.21 Å². The minimum Gasteiger partial charge on any atom is -0.465 e. The lowest BCUT2D eigenvalue weighted by Gasteiger charge is -2.07. The van der Waals surface area contributed by atoms with Gasteiger partial charge in [0.15, 0.2) is 5.78 Å². The van der Waals surface area contributed by atoms with Crippen molar-refractivity contribution in [3.63, 3.8) is 0 Å². The summed E-state index contributed by atoms with van der Waals surface area (Å²) in [6, 6.07) is 18.9. The molecule has 5 heteroatoms. The first-order valence-corrected chi connectivity index (χ1v) is 9.16. The number of hydrogen-bond acceptors (Lipinski definition) is 2. The lowest BCUT2D eigenvalue weighted by atomic mass is 10.1. The van der Waals surface area contributed by atoms with Gasteiger partial charge in [0.1, 0.15) is 10.9 Å². The maximum Gasteiger partial charge on any atom is 0.189 e. The lowest BCUT2D eigenvalue weighted by molar-refractivity contribution is 0.104. The Morgan fingerprint density at radius 3 is 2.52 bits per heavy atom. The first-order valence-electron chi connectivity index (χ1n) is 8.40. The van der Waals surface area contributed by atoms with Gasteiger partial charge in [0.05, 0.1) is 17.3 Å². The molecule has 0 aliphatic heterocycles. The normalized spacial score (nSPS) is 11.5. The van der Waals surface area contributed by atoms with Gasteiger partial charge in [-0.25, -0.2) is 0 Å². The number of benzene rings is 2. The predicted octanol–water partition coefficient (Wildman–Crippen LogP) is 6.49. The highest BCUT2D eigenvalue weighted by Gasteiger charge is 2.20. The third-order valence-electron chi connectivity index (χ3n) is 4.35. The van der Waals surface area contributed by atoms with Crippen LogP contribution in [0.5, 0.6) is 0 Å². The minimum atomic E-state index is -0.164. The van der Waals surface area contributed by atoms with Gasteiger partial charge < -0.3 is 8.98 Å². The molecular weight excluding hydrogens is 381 g/mol. The number of carbonyl (C=O) groups is 1. The molecule has 4 aromatic rings. The first kappa shape index (κ1) is 17.7. The second kappa shape index (κ2) is 7.47. The highest BCUT2D eigenvalue weighted by molar-refractivity contribution is 6.36. The van der Waals surface area contributed by atoms with Crippen molar-refractivity contribution in [1.82, 2.24) is 4.57 Å². The highest BCUT2D eigenvalue weighted by atomic mass is 35.5. The van der Waals surface area contributed by atoms with Crippen molar-refractivity contribution in [2.75, 3.05) is 0 Å². The smallest absolute Gasteiger partial charge is 0.189 e. The quantitative estimate of drug-likeness (QED) is 0.286. The Hall–Kier alpha value is -2.75. The van der Waals surface area contributed by atoms with E-state index in [-0.39, 0.29) is 5.78 Å². The van der Waals surface area contributed by atoms with E-state index in [1.54, 1.807) is 24.5 Å². The van der Waals surface area contributed by atoms with Crippen LogP contribution in [0.25, 0.3) is 17.0 Å². The SMILES string of the molecule is O=C(/C=C/c1ccco1)c1c(Cl)n(Cc2ccc(Cl)cc2)c2ccccc12. The van der Waals surface area contributed by atoms with Crippen molar-refractivity contribution >= 4 is 46.0 Å². The molecule has 0 saturated heterocycles. The van der Waals surface area contributed by atoms with E-state index >= 15 is 0 Å². The molecule has 0 radical (unpaired) electrons. The topological polar surface area (TPSA) is 35.1 Å². The molecule has 0 amide bonds. The van der Waals surface area contributed by atoms with Gasteiger partial charge in [0.2, 0.25) is 0 Å². The Morgan fingerprint density at radius 2 is 1.78 bits per heavy atom. The van der Waals surface area contributed by atoms with E-state index in [0.29, 0.717) is 28.0 Å². The molecule has 2 aromatic carbocycles. The first-order chi connectivity index (χ1) is 13.1. The summed E-state index contributed by atoms with van der Waals surface area (Å²) in [5, 5.41) is 1.92. The summed E-state index contributed by atoms with van der Waals surface area (Å²) in [6.07, 6.45) is 4.69.